The second-order valence-corrected chi connectivity index (χ2v) is 7.58. The molecule has 0 aliphatic heterocycles. The monoisotopic (exact) mass is 476 g/mol. The van der Waals surface area contributed by atoms with Crippen LogP contribution >= 0.6 is 12.6 Å². The van der Waals surface area contributed by atoms with Gasteiger partial charge in [0, 0.05) is 12.3 Å². The molecule has 4 unspecified atom stereocenters. The van der Waals surface area contributed by atoms with Crippen molar-refractivity contribution in [2.75, 3.05) is 18.8 Å². The van der Waals surface area contributed by atoms with Crippen LogP contribution in [0.2, 0.25) is 0 Å². The van der Waals surface area contributed by atoms with Crippen LogP contribution in [0.5, 0.6) is 0 Å². The number of carbonyl (C=O) groups excluding carboxylic acids is 3. The Balaban J connectivity index is 4.95. The summed E-state index contributed by atoms with van der Waals surface area (Å²) in [7, 11) is 0. The van der Waals surface area contributed by atoms with Gasteiger partial charge in [0.05, 0.1) is 6.04 Å². The lowest BCUT2D eigenvalue weighted by Crippen LogP contribution is -2.56. The average molecular weight is 477 g/mol. The number of carboxylic acid groups (broad SMARTS) is 1. The van der Waals surface area contributed by atoms with Gasteiger partial charge in [0.2, 0.25) is 17.7 Å². The molecule has 0 aliphatic carbocycles. The first kappa shape index (κ1) is 29.4. The number of nitrogens with one attached hydrogen (secondary N) is 3. The second-order valence-electron chi connectivity index (χ2n) is 7.21. The fourth-order valence-electron chi connectivity index (χ4n) is 2.56. The molecule has 0 aromatic carbocycles. The van der Waals surface area contributed by atoms with E-state index in [1.54, 1.807) is 0 Å². The van der Waals surface area contributed by atoms with E-state index in [4.69, 9.17) is 22.9 Å². The summed E-state index contributed by atoms with van der Waals surface area (Å²) in [6, 6.07) is -4.04. The number of hydrogen-bond donors (Lipinski definition) is 9. The number of rotatable bonds is 16. The first-order valence-corrected chi connectivity index (χ1v) is 10.9. The first-order valence-electron chi connectivity index (χ1n) is 10.3. The van der Waals surface area contributed by atoms with E-state index in [-0.39, 0.29) is 24.7 Å². The minimum absolute atomic E-state index is 0.0951. The Labute approximate surface area is 192 Å². The van der Waals surface area contributed by atoms with Gasteiger partial charge in [0.15, 0.2) is 5.96 Å². The Bertz CT molecular complexity index is 659. The van der Waals surface area contributed by atoms with Gasteiger partial charge >= 0.3 is 5.97 Å². The molecule has 0 rings (SSSR count). The number of unbranched alkanes of at least 4 members (excludes halogenated alkanes) is 1. The van der Waals surface area contributed by atoms with Crippen molar-refractivity contribution >= 4 is 42.3 Å². The molecule has 32 heavy (non-hydrogen) atoms. The smallest absolute Gasteiger partial charge is 0.326 e. The van der Waals surface area contributed by atoms with Crippen LogP contribution in [0.15, 0.2) is 4.99 Å². The Kier molecular flexibility index (Phi) is 14.8. The van der Waals surface area contributed by atoms with E-state index < -0.39 is 47.9 Å². The van der Waals surface area contributed by atoms with Gasteiger partial charge in [-0.2, -0.15) is 12.6 Å². The van der Waals surface area contributed by atoms with Crippen LogP contribution in [0.1, 0.15) is 39.0 Å². The molecular weight excluding hydrogens is 440 g/mol. The van der Waals surface area contributed by atoms with Gasteiger partial charge in [0.1, 0.15) is 18.1 Å². The Morgan fingerprint density at radius 1 is 0.938 bits per heavy atom. The van der Waals surface area contributed by atoms with Gasteiger partial charge in [0.25, 0.3) is 0 Å². The van der Waals surface area contributed by atoms with Crippen LogP contribution in [-0.2, 0) is 19.2 Å². The number of amides is 3. The standard InChI is InChI=1S/C18H36N8O5S/c1-10(14(27)26-13(17(30)31)6-4-8-23-18(21)22)24-16(29)12(5-2-3-7-19)25-15(28)11(20)9-32/h10-13,32H,2-9,19-20H2,1H3,(H,24,29)(H,25,28)(H,26,27)(H,30,31)(H4,21,22,23). The zero-order chi connectivity index (χ0) is 24.7. The lowest BCUT2D eigenvalue weighted by atomic mass is 10.1. The maximum atomic E-state index is 12.6. The summed E-state index contributed by atoms with van der Waals surface area (Å²) in [6.07, 6.45) is 1.94. The van der Waals surface area contributed by atoms with Crippen LogP contribution < -0.4 is 38.9 Å². The van der Waals surface area contributed by atoms with Gasteiger partial charge in [-0.3, -0.25) is 19.4 Å². The summed E-state index contributed by atoms with van der Waals surface area (Å²) in [5.74, 6) is -3.07. The third kappa shape index (κ3) is 12.3. The first-order chi connectivity index (χ1) is 15.0. The molecule has 0 bridgehead atoms. The molecule has 0 radical (unpaired) electrons. The number of hydrogen-bond acceptors (Lipinski definition) is 8. The van der Waals surface area contributed by atoms with Gasteiger partial charge in [-0.15, -0.1) is 0 Å². The molecule has 0 spiro atoms. The molecule has 0 saturated heterocycles. The summed E-state index contributed by atoms with van der Waals surface area (Å²) in [4.78, 5) is 52.3. The molecule has 13 nitrogen and oxygen atoms in total. The molecule has 14 heteroatoms. The van der Waals surface area contributed by atoms with Crippen molar-refractivity contribution in [1.29, 1.82) is 0 Å². The molecule has 0 aromatic heterocycles. The SMILES string of the molecule is CC(NC(=O)C(CCCCN)NC(=O)C(N)CS)C(=O)NC(CCCN=C(N)N)C(=O)O. The molecule has 3 amide bonds. The number of guanidine groups is 1. The van der Waals surface area contributed by atoms with E-state index in [2.05, 4.69) is 33.6 Å². The number of nitrogens with two attached hydrogens (primary N) is 4. The van der Waals surface area contributed by atoms with E-state index in [1.807, 2.05) is 0 Å². The van der Waals surface area contributed by atoms with Crippen molar-refractivity contribution in [2.24, 2.45) is 27.9 Å². The molecule has 4 atom stereocenters. The van der Waals surface area contributed by atoms with Crippen LogP contribution in [-0.4, -0.2) is 77.8 Å². The van der Waals surface area contributed by atoms with E-state index in [0.29, 0.717) is 32.2 Å². The lowest BCUT2D eigenvalue weighted by Gasteiger charge is -2.23. The zero-order valence-corrected chi connectivity index (χ0v) is 19.1. The van der Waals surface area contributed by atoms with Crippen LogP contribution in [0.4, 0.5) is 0 Å². The Hall–Kier alpha value is -2.58. The van der Waals surface area contributed by atoms with Crippen molar-refractivity contribution in [2.45, 2.75) is 63.2 Å². The second kappa shape index (κ2) is 16.1. The van der Waals surface area contributed by atoms with Crippen LogP contribution in [0, 0.1) is 0 Å². The minimum atomic E-state index is -1.23. The van der Waals surface area contributed by atoms with Crippen molar-refractivity contribution in [3.63, 3.8) is 0 Å². The van der Waals surface area contributed by atoms with Crippen molar-refractivity contribution in [3.05, 3.63) is 0 Å². The highest BCUT2D eigenvalue weighted by molar-refractivity contribution is 7.80. The molecule has 0 saturated carbocycles. The number of aliphatic carboxylic acids is 1. The van der Waals surface area contributed by atoms with Crippen molar-refractivity contribution in [1.82, 2.24) is 16.0 Å². The van der Waals surface area contributed by atoms with E-state index in [0.717, 1.165) is 0 Å². The van der Waals surface area contributed by atoms with Gasteiger partial charge < -0.3 is 44.0 Å². The predicted octanol–water partition coefficient (Wildman–Crippen LogP) is -3.01. The topological polar surface area (TPSA) is 241 Å². The maximum absolute atomic E-state index is 12.6. The average Bonchev–Trinajstić information content (AvgIpc) is 2.73. The highest BCUT2D eigenvalue weighted by atomic mass is 32.1. The number of thiol groups is 1. The predicted molar refractivity (Wildman–Crippen MR) is 124 cm³/mol. The van der Waals surface area contributed by atoms with Crippen molar-refractivity contribution < 1.29 is 24.3 Å². The number of nitrogens with zero attached hydrogens (tertiary/aromatic N) is 1. The molecule has 0 fully saturated rings. The Morgan fingerprint density at radius 3 is 2.06 bits per heavy atom. The molecule has 0 aromatic rings. The fraction of sp³-hybridized carbons (Fsp3) is 0.722. The summed E-state index contributed by atoms with van der Waals surface area (Å²) < 4.78 is 0. The van der Waals surface area contributed by atoms with Gasteiger partial charge in [-0.1, -0.05) is 0 Å². The van der Waals surface area contributed by atoms with Crippen LogP contribution in [0.3, 0.4) is 0 Å². The maximum Gasteiger partial charge on any atom is 0.326 e. The summed E-state index contributed by atoms with van der Waals surface area (Å²) >= 11 is 3.96. The molecular formula is C18H36N8O5S. The molecule has 12 N–H and O–H groups in total. The largest absolute Gasteiger partial charge is 0.480 e. The third-order valence-electron chi connectivity index (χ3n) is 4.43. The van der Waals surface area contributed by atoms with Crippen LogP contribution in [0.25, 0.3) is 0 Å². The van der Waals surface area contributed by atoms with Gasteiger partial charge in [-0.25, -0.2) is 4.79 Å². The fourth-order valence-corrected chi connectivity index (χ4v) is 2.73. The summed E-state index contributed by atoms with van der Waals surface area (Å²) in [5, 5.41) is 16.7. The van der Waals surface area contributed by atoms with Crippen molar-refractivity contribution in [3.8, 4) is 0 Å². The minimum Gasteiger partial charge on any atom is -0.480 e. The molecule has 0 aliphatic rings. The molecule has 184 valence electrons. The lowest BCUT2D eigenvalue weighted by molar-refractivity contribution is -0.142. The van der Waals surface area contributed by atoms with E-state index >= 15 is 0 Å². The number of aliphatic imine (C=N–C) groups is 1. The highest BCUT2D eigenvalue weighted by Gasteiger charge is 2.27. The molecule has 0 heterocycles. The van der Waals surface area contributed by atoms with Gasteiger partial charge in [-0.05, 0) is 45.6 Å². The van der Waals surface area contributed by atoms with E-state index in [9.17, 15) is 24.3 Å². The van der Waals surface area contributed by atoms with E-state index in [1.165, 1.54) is 6.92 Å². The normalized spacial score (nSPS) is 14.4. The zero-order valence-electron chi connectivity index (χ0n) is 18.3. The highest BCUT2D eigenvalue weighted by Crippen LogP contribution is 2.04. The summed E-state index contributed by atoms with van der Waals surface area (Å²) in [5.41, 5.74) is 21.5. The third-order valence-corrected chi connectivity index (χ3v) is 4.82. The Morgan fingerprint density at radius 2 is 1.53 bits per heavy atom. The number of carboxylic acids is 1. The number of carbonyl (C=O) groups is 4. The summed E-state index contributed by atoms with van der Waals surface area (Å²) in [6.45, 7) is 2.05. The quantitative estimate of drug-likeness (QED) is 0.0476.